The second kappa shape index (κ2) is 8.39. The number of hydrogen-bond donors (Lipinski definition) is 2. The highest BCUT2D eigenvalue weighted by Gasteiger charge is 2.29. The molecule has 6 nitrogen and oxygen atoms in total. The fourth-order valence-electron chi connectivity index (χ4n) is 3.81. The van der Waals surface area contributed by atoms with Crippen LogP contribution in [0.1, 0.15) is 28.9 Å². The highest BCUT2D eigenvalue weighted by Crippen LogP contribution is 2.21. The molecule has 2 aromatic carbocycles. The lowest BCUT2D eigenvalue weighted by atomic mass is 9.96. The number of para-hydroxylation sites is 1. The number of piperidine rings is 1. The summed E-state index contributed by atoms with van der Waals surface area (Å²) in [5.74, 6) is 0.553. The Hall–Kier alpha value is -3.28. The smallest absolute Gasteiger partial charge is 0.270 e. The van der Waals surface area contributed by atoms with Gasteiger partial charge in [-0.25, -0.2) is 0 Å². The van der Waals surface area contributed by atoms with Crippen molar-refractivity contribution in [3.05, 3.63) is 65.9 Å². The van der Waals surface area contributed by atoms with Crippen LogP contribution in [-0.2, 0) is 11.3 Å². The first kappa shape index (κ1) is 19.1. The molecule has 0 spiro atoms. The molecule has 0 saturated carbocycles. The second-order valence-electron chi connectivity index (χ2n) is 7.43. The van der Waals surface area contributed by atoms with E-state index in [2.05, 4.69) is 10.3 Å². The molecule has 1 fully saturated rings. The zero-order chi connectivity index (χ0) is 20.2. The monoisotopic (exact) mass is 391 g/mol. The van der Waals surface area contributed by atoms with Gasteiger partial charge in [0.15, 0.2) is 0 Å². The first-order valence-corrected chi connectivity index (χ1v) is 9.92. The van der Waals surface area contributed by atoms with Crippen LogP contribution in [-0.4, -0.2) is 41.9 Å². The van der Waals surface area contributed by atoms with Crippen LogP contribution >= 0.6 is 0 Å². The van der Waals surface area contributed by atoms with Crippen molar-refractivity contribution in [3.8, 4) is 5.75 Å². The molecule has 0 bridgehead atoms. The van der Waals surface area contributed by atoms with Crippen molar-refractivity contribution in [2.75, 3.05) is 20.2 Å². The summed E-state index contributed by atoms with van der Waals surface area (Å²) in [6.45, 7) is 1.59. The highest BCUT2D eigenvalue weighted by atomic mass is 16.5. The molecule has 0 aliphatic carbocycles. The third-order valence-corrected chi connectivity index (χ3v) is 5.47. The van der Waals surface area contributed by atoms with Gasteiger partial charge in [-0.3, -0.25) is 9.59 Å². The normalized spacial score (nSPS) is 16.6. The number of methoxy groups -OCH3 is 1. The fraction of sp³-hybridized carbons (Fsp3) is 0.304. The molecule has 1 aliphatic heterocycles. The second-order valence-corrected chi connectivity index (χ2v) is 7.43. The van der Waals surface area contributed by atoms with Gasteiger partial charge in [0, 0.05) is 30.5 Å². The maximum absolute atomic E-state index is 12.9. The lowest BCUT2D eigenvalue weighted by Gasteiger charge is -2.31. The standard InChI is InChI=1S/C23H25N3O3/c1-29-19-10-8-16(9-11-19)14-24-22(27)18-6-4-12-26(15-18)23(28)21-13-17-5-2-3-7-20(17)25-21/h2-3,5,7-11,13,18,25H,4,6,12,14-15H2,1H3,(H,24,27)/t18-/m0/s1. The van der Waals surface area contributed by atoms with Crippen LogP contribution in [0.5, 0.6) is 5.75 Å². The van der Waals surface area contributed by atoms with E-state index in [1.165, 1.54) is 0 Å². The molecule has 29 heavy (non-hydrogen) atoms. The Morgan fingerprint density at radius 3 is 2.72 bits per heavy atom. The number of aromatic nitrogens is 1. The van der Waals surface area contributed by atoms with Crippen LogP contribution in [0.2, 0.25) is 0 Å². The zero-order valence-electron chi connectivity index (χ0n) is 16.5. The van der Waals surface area contributed by atoms with E-state index in [1.54, 1.807) is 12.0 Å². The van der Waals surface area contributed by atoms with Crippen molar-refractivity contribution in [1.29, 1.82) is 0 Å². The van der Waals surface area contributed by atoms with E-state index in [1.807, 2.05) is 54.6 Å². The quantitative estimate of drug-likeness (QED) is 0.700. The van der Waals surface area contributed by atoms with Gasteiger partial charge in [-0.1, -0.05) is 30.3 Å². The number of fused-ring (bicyclic) bond motifs is 1. The summed E-state index contributed by atoms with van der Waals surface area (Å²) in [6, 6.07) is 17.3. The number of hydrogen-bond acceptors (Lipinski definition) is 3. The summed E-state index contributed by atoms with van der Waals surface area (Å²) in [5, 5.41) is 4.02. The summed E-state index contributed by atoms with van der Waals surface area (Å²) in [6.07, 6.45) is 1.62. The summed E-state index contributed by atoms with van der Waals surface area (Å²) in [5.41, 5.74) is 2.54. The summed E-state index contributed by atoms with van der Waals surface area (Å²) in [4.78, 5) is 30.6. The fourth-order valence-corrected chi connectivity index (χ4v) is 3.81. The average Bonchev–Trinajstić information content (AvgIpc) is 3.21. The predicted octanol–water partition coefficient (Wildman–Crippen LogP) is 3.35. The topological polar surface area (TPSA) is 74.4 Å². The van der Waals surface area contributed by atoms with Gasteiger partial charge in [-0.15, -0.1) is 0 Å². The van der Waals surface area contributed by atoms with Crippen molar-refractivity contribution < 1.29 is 14.3 Å². The van der Waals surface area contributed by atoms with Gasteiger partial charge < -0.3 is 19.9 Å². The molecule has 150 valence electrons. The number of H-pyrrole nitrogens is 1. The van der Waals surface area contributed by atoms with E-state index in [4.69, 9.17) is 4.74 Å². The third-order valence-electron chi connectivity index (χ3n) is 5.47. The number of nitrogens with zero attached hydrogens (tertiary/aromatic N) is 1. The molecule has 1 atom stereocenters. The van der Waals surface area contributed by atoms with Crippen LogP contribution in [0.4, 0.5) is 0 Å². The van der Waals surface area contributed by atoms with Crippen molar-refractivity contribution in [2.45, 2.75) is 19.4 Å². The van der Waals surface area contributed by atoms with Crippen molar-refractivity contribution in [1.82, 2.24) is 15.2 Å². The number of nitrogens with one attached hydrogen (secondary N) is 2. The van der Waals surface area contributed by atoms with Gasteiger partial charge in [-0.2, -0.15) is 0 Å². The number of benzene rings is 2. The van der Waals surface area contributed by atoms with E-state index in [0.717, 1.165) is 35.1 Å². The van der Waals surface area contributed by atoms with Crippen molar-refractivity contribution >= 4 is 22.7 Å². The molecular weight excluding hydrogens is 366 g/mol. The molecule has 0 unspecified atom stereocenters. The largest absolute Gasteiger partial charge is 0.497 e. The molecule has 2 amide bonds. The minimum Gasteiger partial charge on any atom is -0.497 e. The summed E-state index contributed by atoms with van der Waals surface area (Å²) >= 11 is 0. The predicted molar refractivity (Wildman–Crippen MR) is 112 cm³/mol. The number of amides is 2. The van der Waals surface area contributed by atoms with E-state index in [-0.39, 0.29) is 17.7 Å². The van der Waals surface area contributed by atoms with E-state index >= 15 is 0 Å². The minimum absolute atomic E-state index is 0.00466. The SMILES string of the molecule is COc1ccc(CNC(=O)[C@H]2CCCN(C(=O)c3cc4ccccc4[nH]3)C2)cc1. The Balaban J connectivity index is 1.36. The molecule has 1 aliphatic rings. The Labute approximate surface area is 169 Å². The molecule has 1 aromatic heterocycles. The van der Waals surface area contributed by atoms with Gasteiger partial charge >= 0.3 is 0 Å². The highest BCUT2D eigenvalue weighted by molar-refractivity contribution is 5.98. The Morgan fingerprint density at radius 1 is 1.17 bits per heavy atom. The molecule has 3 aromatic rings. The third kappa shape index (κ3) is 4.26. The molecule has 0 radical (unpaired) electrons. The van der Waals surface area contributed by atoms with E-state index in [9.17, 15) is 9.59 Å². The van der Waals surface area contributed by atoms with Gasteiger partial charge in [0.25, 0.3) is 5.91 Å². The lowest BCUT2D eigenvalue weighted by molar-refractivity contribution is -0.126. The Morgan fingerprint density at radius 2 is 1.97 bits per heavy atom. The Bertz CT molecular complexity index is 977. The van der Waals surface area contributed by atoms with Gasteiger partial charge in [0.1, 0.15) is 11.4 Å². The first-order valence-electron chi connectivity index (χ1n) is 9.92. The summed E-state index contributed by atoms with van der Waals surface area (Å²) < 4.78 is 5.15. The molecular formula is C23H25N3O3. The molecule has 2 heterocycles. The number of ether oxygens (including phenoxy) is 1. The number of carbonyl (C=O) groups excluding carboxylic acids is 2. The first-order chi connectivity index (χ1) is 14.1. The van der Waals surface area contributed by atoms with E-state index < -0.39 is 0 Å². The molecule has 4 rings (SSSR count). The lowest BCUT2D eigenvalue weighted by Crippen LogP contribution is -2.45. The average molecular weight is 391 g/mol. The van der Waals surface area contributed by atoms with Crippen LogP contribution in [0.15, 0.2) is 54.6 Å². The van der Waals surface area contributed by atoms with Crippen LogP contribution < -0.4 is 10.1 Å². The van der Waals surface area contributed by atoms with Gasteiger partial charge in [0.05, 0.1) is 13.0 Å². The molecule has 1 saturated heterocycles. The van der Waals surface area contributed by atoms with Crippen molar-refractivity contribution in [3.63, 3.8) is 0 Å². The Kier molecular flexibility index (Phi) is 5.51. The number of likely N-dealkylation sites (tertiary alicyclic amines) is 1. The number of carbonyl (C=O) groups is 2. The summed E-state index contributed by atoms with van der Waals surface area (Å²) in [7, 11) is 1.63. The van der Waals surface area contributed by atoms with Gasteiger partial charge in [-0.05, 0) is 42.7 Å². The maximum atomic E-state index is 12.9. The van der Waals surface area contributed by atoms with Crippen LogP contribution in [0.3, 0.4) is 0 Å². The molecule has 2 N–H and O–H groups in total. The van der Waals surface area contributed by atoms with Crippen LogP contribution in [0.25, 0.3) is 10.9 Å². The number of rotatable bonds is 5. The number of aromatic amines is 1. The zero-order valence-corrected chi connectivity index (χ0v) is 16.5. The molecule has 6 heteroatoms. The minimum atomic E-state index is -0.185. The maximum Gasteiger partial charge on any atom is 0.270 e. The van der Waals surface area contributed by atoms with E-state index in [0.29, 0.717) is 25.3 Å². The van der Waals surface area contributed by atoms with Crippen molar-refractivity contribution in [2.24, 2.45) is 5.92 Å². The van der Waals surface area contributed by atoms with Gasteiger partial charge in [0.2, 0.25) is 5.91 Å². The van der Waals surface area contributed by atoms with Crippen LogP contribution in [0, 0.1) is 5.92 Å².